The molecular formula is C17H16Cl2N6OS. The van der Waals surface area contributed by atoms with Gasteiger partial charge in [-0.05, 0) is 54.5 Å². The Bertz CT molecular complexity index is 993. The third-order valence-electron chi connectivity index (χ3n) is 3.95. The first-order valence-electron chi connectivity index (χ1n) is 8.00. The molecule has 1 N–H and O–H groups in total. The topological polar surface area (TPSA) is 85.6 Å². The van der Waals surface area contributed by atoms with Gasteiger partial charge in [-0.1, -0.05) is 47.1 Å². The van der Waals surface area contributed by atoms with Gasteiger partial charge in [0.25, 0.3) is 0 Å². The molecule has 0 fully saturated rings. The van der Waals surface area contributed by atoms with Crippen LogP contribution in [0.4, 0.5) is 5.82 Å². The number of hydrogen-bond donors (Lipinski definition) is 1. The molecule has 27 heavy (non-hydrogen) atoms. The van der Waals surface area contributed by atoms with Crippen LogP contribution in [0.25, 0.3) is 5.69 Å². The molecule has 0 saturated carbocycles. The highest BCUT2D eigenvalue weighted by Gasteiger charge is 2.21. The van der Waals surface area contributed by atoms with Crippen LogP contribution in [0.3, 0.4) is 0 Å². The Morgan fingerprint density at radius 3 is 2.81 bits per heavy atom. The number of carbonyl (C=O) groups excluding carboxylic acids is 1. The lowest BCUT2D eigenvalue weighted by Crippen LogP contribution is -2.23. The van der Waals surface area contributed by atoms with E-state index < -0.39 is 5.25 Å². The highest BCUT2D eigenvalue weighted by atomic mass is 35.5. The molecule has 0 radical (unpaired) electrons. The number of anilines is 1. The molecule has 7 nitrogen and oxygen atoms in total. The fourth-order valence-electron chi connectivity index (χ4n) is 2.31. The van der Waals surface area contributed by atoms with Crippen molar-refractivity contribution in [1.82, 2.24) is 25.2 Å². The lowest BCUT2D eigenvalue weighted by Gasteiger charge is -2.13. The third-order valence-corrected chi connectivity index (χ3v) is 5.47. The van der Waals surface area contributed by atoms with Crippen molar-refractivity contribution in [3.8, 4) is 5.69 Å². The molecule has 1 amide bonds. The number of benzene rings is 1. The van der Waals surface area contributed by atoms with Crippen molar-refractivity contribution in [2.45, 2.75) is 31.2 Å². The maximum absolute atomic E-state index is 12.5. The van der Waals surface area contributed by atoms with E-state index in [-0.39, 0.29) is 16.7 Å². The number of aryl methyl sites for hydroxylation is 1. The first-order valence-corrected chi connectivity index (χ1v) is 9.64. The molecule has 0 aliphatic carbocycles. The molecule has 0 spiro atoms. The number of rotatable bonds is 5. The second-order valence-electron chi connectivity index (χ2n) is 5.83. The number of carbonyl (C=O) groups is 1. The van der Waals surface area contributed by atoms with Crippen molar-refractivity contribution in [3.63, 3.8) is 0 Å². The minimum Gasteiger partial charge on any atom is -0.308 e. The van der Waals surface area contributed by atoms with Gasteiger partial charge in [-0.15, -0.1) is 5.10 Å². The van der Waals surface area contributed by atoms with Crippen LogP contribution in [-0.2, 0) is 4.79 Å². The average Bonchev–Trinajstić information content (AvgIpc) is 3.07. The normalized spacial score (nSPS) is 12.0. The van der Waals surface area contributed by atoms with Gasteiger partial charge in [-0.2, -0.15) is 4.68 Å². The van der Waals surface area contributed by atoms with Gasteiger partial charge >= 0.3 is 0 Å². The number of amides is 1. The highest BCUT2D eigenvalue weighted by Crippen LogP contribution is 2.27. The maximum Gasteiger partial charge on any atom is 0.238 e. The minimum atomic E-state index is -0.478. The molecule has 3 rings (SSSR count). The third kappa shape index (κ3) is 4.40. The van der Waals surface area contributed by atoms with Gasteiger partial charge in [-0.25, -0.2) is 4.98 Å². The van der Waals surface area contributed by atoms with Crippen LogP contribution >= 0.6 is 35.0 Å². The van der Waals surface area contributed by atoms with Crippen molar-refractivity contribution in [3.05, 3.63) is 51.6 Å². The molecular weight excluding hydrogens is 407 g/mol. The zero-order valence-electron chi connectivity index (χ0n) is 14.8. The molecule has 1 atom stereocenters. The van der Waals surface area contributed by atoms with Crippen LogP contribution in [0.1, 0.15) is 18.1 Å². The van der Waals surface area contributed by atoms with Crippen LogP contribution in [0, 0.1) is 13.8 Å². The van der Waals surface area contributed by atoms with Crippen LogP contribution in [0.2, 0.25) is 10.0 Å². The number of aromatic nitrogens is 5. The first-order chi connectivity index (χ1) is 12.9. The van der Waals surface area contributed by atoms with E-state index in [4.69, 9.17) is 23.2 Å². The van der Waals surface area contributed by atoms with Gasteiger partial charge < -0.3 is 5.32 Å². The molecule has 1 unspecified atom stereocenters. The Hall–Kier alpha value is -2.16. The molecule has 0 saturated heterocycles. The predicted octanol–water partition coefficient (Wildman–Crippen LogP) is 4.10. The molecule has 0 aliphatic rings. The van der Waals surface area contributed by atoms with E-state index in [1.165, 1.54) is 24.0 Å². The number of nitrogens with zero attached hydrogens (tertiary/aromatic N) is 5. The molecule has 140 valence electrons. The van der Waals surface area contributed by atoms with E-state index in [0.717, 1.165) is 16.8 Å². The van der Waals surface area contributed by atoms with Crippen LogP contribution in [0.5, 0.6) is 0 Å². The van der Waals surface area contributed by atoms with Gasteiger partial charge in [0, 0.05) is 6.20 Å². The Morgan fingerprint density at radius 2 is 2.07 bits per heavy atom. The Morgan fingerprint density at radius 1 is 1.30 bits per heavy atom. The standard InChI is InChI=1S/C17H16Cl2N6OS/c1-9-5-4-6-14(10(9)2)25-17(22-23-24-25)27-11(3)16(26)21-15-13(19)7-12(18)8-20-15/h4-8,11H,1-3H3,(H,20,21,26). The lowest BCUT2D eigenvalue weighted by molar-refractivity contribution is -0.115. The second-order valence-corrected chi connectivity index (χ2v) is 7.98. The zero-order chi connectivity index (χ0) is 19.6. The lowest BCUT2D eigenvalue weighted by atomic mass is 10.1. The van der Waals surface area contributed by atoms with Crippen LogP contribution < -0.4 is 5.32 Å². The van der Waals surface area contributed by atoms with E-state index in [1.54, 1.807) is 11.6 Å². The fraction of sp³-hybridized carbons (Fsp3) is 0.235. The second kappa shape index (κ2) is 8.24. The summed E-state index contributed by atoms with van der Waals surface area (Å²) in [6.45, 7) is 5.78. The number of nitrogens with one attached hydrogen (secondary N) is 1. The molecule has 1 aromatic carbocycles. The molecule has 0 aliphatic heterocycles. The van der Waals surface area contributed by atoms with Crippen LogP contribution in [-0.4, -0.2) is 36.3 Å². The van der Waals surface area contributed by atoms with Gasteiger partial charge in [0.15, 0.2) is 5.82 Å². The van der Waals surface area contributed by atoms with E-state index in [1.807, 2.05) is 32.0 Å². The van der Waals surface area contributed by atoms with Crippen LogP contribution in [0.15, 0.2) is 35.6 Å². The molecule has 2 aromatic heterocycles. The molecule has 3 aromatic rings. The summed E-state index contributed by atoms with van der Waals surface area (Å²) in [6, 6.07) is 7.42. The number of pyridine rings is 1. The molecule has 0 bridgehead atoms. The summed E-state index contributed by atoms with van der Waals surface area (Å²) in [4.78, 5) is 16.5. The van der Waals surface area contributed by atoms with E-state index in [0.29, 0.717) is 10.2 Å². The SMILES string of the molecule is Cc1cccc(-n2nnnc2SC(C)C(=O)Nc2ncc(Cl)cc2Cl)c1C. The molecule has 10 heteroatoms. The summed E-state index contributed by atoms with van der Waals surface area (Å²) in [6.07, 6.45) is 1.42. The Kier molecular flexibility index (Phi) is 5.98. The maximum atomic E-state index is 12.5. The van der Waals surface area contributed by atoms with E-state index in [2.05, 4.69) is 25.8 Å². The molecule has 2 heterocycles. The number of hydrogen-bond acceptors (Lipinski definition) is 6. The summed E-state index contributed by atoms with van der Waals surface area (Å²) < 4.78 is 1.63. The van der Waals surface area contributed by atoms with Gasteiger partial charge in [0.2, 0.25) is 11.1 Å². The summed E-state index contributed by atoms with van der Waals surface area (Å²) >= 11 is 13.1. The van der Waals surface area contributed by atoms with Crippen molar-refractivity contribution < 1.29 is 4.79 Å². The van der Waals surface area contributed by atoms with Gasteiger partial charge in [0.1, 0.15) is 0 Å². The van der Waals surface area contributed by atoms with Gasteiger partial charge in [0.05, 0.1) is 21.0 Å². The largest absolute Gasteiger partial charge is 0.308 e. The summed E-state index contributed by atoms with van der Waals surface area (Å²) in [5.74, 6) is -0.0140. The monoisotopic (exact) mass is 422 g/mol. The Labute approximate surface area is 170 Å². The quantitative estimate of drug-likeness (QED) is 0.622. The van der Waals surface area contributed by atoms with Crippen molar-refractivity contribution in [1.29, 1.82) is 0 Å². The summed E-state index contributed by atoms with van der Waals surface area (Å²) in [7, 11) is 0. The zero-order valence-corrected chi connectivity index (χ0v) is 17.1. The van der Waals surface area contributed by atoms with Gasteiger partial charge in [-0.3, -0.25) is 4.79 Å². The number of thioether (sulfide) groups is 1. The fourth-order valence-corrected chi connectivity index (χ4v) is 3.53. The number of tetrazole rings is 1. The summed E-state index contributed by atoms with van der Waals surface area (Å²) in [5.41, 5.74) is 3.08. The number of halogens is 2. The van der Waals surface area contributed by atoms with E-state index in [9.17, 15) is 4.79 Å². The average molecular weight is 423 g/mol. The van der Waals surface area contributed by atoms with Crippen molar-refractivity contribution >= 4 is 46.7 Å². The smallest absolute Gasteiger partial charge is 0.238 e. The first kappa shape index (κ1) is 19.6. The summed E-state index contributed by atoms with van der Waals surface area (Å²) in [5, 5.41) is 15.3. The highest BCUT2D eigenvalue weighted by molar-refractivity contribution is 8.00. The van der Waals surface area contributed by atoms with Crippen molar-refractivity contribution in [2.75, 3.05) is 5.32 Å². The Balaban J connectivity index is 1.77. The minimum absolute atomic E-state index is 0.257. The van der Waals surface area contributed by atoms with Crippen molar-refractivity contribution in [2.24, 2.45) is 0 Å². The predicted molar refractivity (Wildman–Crippen MR) is 107 cm³/mol. The van der Waals surface area contributed by atoms with E-state index >= 15 is 0 Å².